The molecule has 15 heteroatoms. The van der Waals surface area contributed by atoms with Gasteiger partial charge in [-0.2, -0.15) is 23.3 Å². The second-order valence-electron chi connectivity index (χ2n) is 10.7. The van der Waals surface area contributed by atoms with Gasteiger partial charge in [-0.05, 0) is 48.4 Å². The topological polar surface area (TPSA) is 127 Å². The van der Waals surface area contributed by atoms with E-state index in [9.17, 15) is 27.9 Å². The fourth-order valence-corrected chi connectivity index (χ4v) is 5.36. The van der Waals surface area contributed by atoms with Crippen LogP contribution in [0.15, 0.2) is 65.8 Å². The standard InChI is InChI=1S/C31H27ClF3N7O4/c1-18-2-4-20(15-24(18)32)37-30-36-16-22(28(38-30)42-7-6-26(39-42)31(33,34)35)19-3-5-25-21(14-19)27(43)23(29(44)45)17-41(25)9-8-40-10-12-46-13-11-40/h2-7,14-17H,8-13H2,1H3,(H,44,45)(H,36,37,38). The Morgan fingerprint density at radius 2 is 1.89 bits per heavy atom. The smallest absolute Gasteiger partial charge is 0.435 e. The SMILES string of the molecule is Cc1ccc(Nc2ncc(-c3ccc4c(c3)c(=O)c(C(=O)O)cn4CCN3CCOCC3)c(-n3ccc(C(F)(F)F)n3)n2)cc1Cl. The molecule has 0 radical (unpaired) electrons. The van der Waals surface area contributed by atoms with Gasteiger partial charge >= 0.3 is 12.1 Å². The molecule has 0 spiro atoms. The van der Waals surface area contributed by atoms with Gasteiger partial charge in [0.05, 0.1) is 18.7 Å². The number of carboxylic acids is 1. The first-order chi connectivity index (χ1) is 22.0. The van der Waals surface area contributed by atoms with Crippen molar-refractivity contribution in [2.75, 3.05) is 38.2 Å². The van der Waals surface area contributed by atoms with Crippen molar-refractivity contribution in [3.05, 3.63) is 93.1 Å². The maximum atomic E-state index is 13.5. The van der Waals surface area contributed by atoms with Gasteiger partial charge in [-0.15, -0.1) is 0 Å². The molecule has 4 heterocycles. The molecule has 46 heavy (non-hydrogen) atoms. The summed E-state index contributed by atoms with van der Waals surface area (Å²) in [6.45, 7) is 5.56. The molecule has 1 fully saturated rings. The highest BCUT2D eigenvalue weighted by Gasteiger charge is 2.34. The molecule has 0 amide bonds. The first-order valence-corrected chi connectivity index (χ1v) is 14.6. The van der Waals surface area contributed by atoms with Gasteiger partial charge in [-0.1, -0.05) is 23.7 Å². The van der Waals surface area contributed by atoms with E-state index in [1.807, 2.05) is 6.92 Å². The number of hydrogen-bond acceptors (Lipinski definition) is 8. The van der Waals surface area contributed by atoms with Crippen molar-refractivity contribution in [3.63, 3.8) is 0 Å². The monoisotopic (exact) mass is 653 g/mol. The van der Waals surface area contributed by atoms with Crippen LogP contribution in [0.5, 0.6) is 0 Å². The molecule has 0 bridgehead atoms. The van der Waals surface area contributed by atoms with Crippen LogP contribution in [0.3, 0.4) is 0 Å². The lowest BCUT2D eigenvalue weighted by molar-refractivity contribution is -0.141. The fraction of sp³-hybridized carbons (Fsp3) is 0.258. The summed E-state index contributed by atoms with van der Waals surface area (Å²) in [6.07, 6.45) is -0.833. The summed E-state index contributed by atoms with van der Waals surface area (Å²) in [5.41, 5.74) is 0.316. The van der Waals surface area contributed by atoms with Crippen LogP contribution in [0.1, 0.15) is 21.6 Å². The molecular formula is C31H27ClF3N7O4. The largest absolute Gasteiger partial charge is 0.477 e. The Balaban J connectivity index is 1.45. The zero-order chi connectivity index (χ0) is 32.6. The van der Waals surface area contributed by atoms with Crippen LogP contribution in [0.2, 0.25) is 5.02 Å². The normalized spacial score (nSPS) is 14.1. The number of aryl methyl sites for hydroxylation is 1. The zero-order valence-electron chi connectivity index (χ0n) is 24.4. The third kappa shape index (κ3) is 6.45. The number of halogens is 4. The maximum absolute atomic E-state index is 13.5. The van der Waals surface area contributed by atoms with Crippen molar-refractivity contribution < 1.29 is 27.8 Å². The Morgan fingerprint density at radius 1 is 1.11 bits per heavy atom. The predicted molar refractivity (Wildman–Crippen MR) is 165 cm³/mol. The predicted octanol–water partition coefficient (Wildman–Crippen LogP) is 5.40. The third-order valence-corrected chi connectivity index (χ3v) is 8.08. The second kappa shape index (κ2) is 12.5. The van der Waals surface area contributed by atoms with Crippen LogP contribution in [0, 0.1) is 6.92 Å². The molecule has 0 aliphatic carbocycles. The van der Waals surface area contributed by atoms with E-state index in [1.54, 1.807) is 34.9 Å². The number of ether oxygens (including phenoxy) is 1. The molecule has 5 aromatic rings. The highest BCUT2D eigenvalue weighted by Crippen LogP contribution is 2.32. The van der Waals surface area contributed by atoms with Gasteiger partial charge in [0.2, 0.25) is 11.4 Å². The molecule has 2 aromatic carbocycles. The van der Waals surface area contributed by atoms with Crippen LogP contribution >= 0.6 is 11.6 Å². The first kappa shape index (κ1) is 31.2. The van der Waals surface area contributed by atoms with E-state index in [0.717, 1.165) is 35.6 Å². The summed E-state index contributed by atoms with van der Waals surface area (Å²) in [6, 6.07) is 10.9. The van der Waals surface area contributed by atoms with Gasteiger partial charge in [-0.25, -0.2) is 14.5 Å². The Labute approximate surface area is 264 Å². The van der Waals surface area contributed by atoms with E-state index in [2.05, 4.69) is 25.3 Å². The lowest BCUT2D eigenvalue weighted by atomic mass is 10.0. The van der Waals surface area contributed by atoms with Crippen molar-refractivity contribution in [2.45, 2.75) is 19.6 Å². The molecule has 1 aliphatic heterocycles. The molecule has 0 saturated carbocycles. The number of alkyl halides is 3. The molecule has 3 aromatic heterocycles. The van der Waals surface area contributed by atoms with Gasteiger partial charge in [0.25, 0.3) is 0 Å². The van der Waals surface area contributed by atoms with E-state index in [1.165, 1.54) is 18.5 Å². The zero-order valence-corrected chi connectivity index (χ0v) is 25.1. The average Bonchev–Trinajstić information content (AvgIpc) is 3.54. The number of aromatic nitrogens is 5. The fourth-order valence-electron chi connectivity index (χ4n) is 5.18. The van der Waals surface area contributed by atoms with E-state index in [0.29, 0.717) is 48.1 Å². The maximum Gasteiger partial charge on any atom is 0.435 e. The van der Waals surface area contributed by atoms with Crippen molar-refractivity contribution >= 4 is 40.1 Å². The van der Waals surface area contributed by atoms with Crippen molar-refractivity contribution in [2.24, 2.45) is 0 Å². The number of nitrogens with zero attached hydrogens (tertiary/aromatic N) is 6. The molecular weight excluding hydrogens is 627 g/mol. The minimum atomic E-state index is -4.69. The number of rotatable bonds is 8. The van der Waals surface area contributed by atoms with E-state index in [4.69, 9.17) is 16.3 Å². The van der Waals surface area contributed by atoms with Crippen molar-refractivity contribution in [3.8, 4) is 16.9 Å². The van der Waals surface area contributed by atoms with Gasteiger partial charge in [0.1, 0.15) is 5.56 Å². The van der Waals surface area contributed by atoms with Crippen LogP contribution in [0.4, 0.5) is 24.8 Å². The number of hydrogen-bond donors (Lipinski definition) is 2. The number of aromatic carboxylic acids is 1. The summed E-state index contributed by atoms with van der Waals surface area (Å²) >= 11 is 6.25. The Morgan fingerprint density at radius 3 is 2.59 bits per heavy atom. The van der Waals surface area contributed by atoms with E-state index >= 15 is 0 Å². The number of carboxylic acid groups (broad SMARTS) is 1. The van der Waals surface area contributed by atoms with Crippen LogP contribution < -0.4 is 10.7 Å². The summed E-state index contributed by atoms with van der Waals surface area (Å²) in [5.74, 6) is -1.32. The lowest BCUT2D eigenvalue weighted by Gasteiger charge is -2.27. The minimum absolute atomic E-state index is 0.00686. The molecule has 11 nitrogen and oxygen atoms in total. The molecule has 0 atom stereocenters. The third-order valence-electron chi connectivity index (χ3n) is 7.68. The molecule has 1 aliphatic rings. The van der Waals surface area contributed by atoms with Gasteiger partial charge in [0, 0.05) is 66.4 Å². The van der Waals surface area contributed by atoms with Crippen molar-refractivity contribution in [1.82, 2.24) is 29.2 Å². The van der Waals surface area contributed by atoms with Gasteiger partial charge < -0.3 is 19.7 Å². The summed E-state index contributed by atoms with van der Waals surface area (Å²) in [5, 5.41) is 17.2. The van der Waals surface area contributed by atoms with Crippen molar-refractivity contribution in [1.29, 1.82) is 0 Å². The number of benzene rings is 2. The number of nitrogens with one attached hydrogen (secondary N) is 1. The Kier molecular flexibility index (Phi) is 8.51. The number of morpholine rings is 1. The molecule has 2 N–H and O–H groups in total. The highest BCUT2D eigenvalue weighted by atomic mass is 35.5. The van der Waals surface area contributed by atoms with Crippen LogP contribution in [-0.2, 0) is 17.5 Å². The molecule has 0 unspecified atom stereocenters. The minimum Gasteiger partial charge on any atom is -0.477 e. The average molecular weight is 654 g/mol. The van der Waals surface area contributed by atoms with E-state index < -0.39 is 28.8 Å². The first-order valence-electron chi connectivity index (χ1n) is 14.2. The summed E-state index contributed by atoms with van der Waals surface area (Å²) < 4.78 is 48.6. The summed E-state index contributed by atoms with van der Waals surface area (Å²) in [4.78, 5) is 36.5. The summed E-state index contributed by atoms with van der Waals surface area (Å²) in [7, 11) is 0. The highest BCUT2D eigenvalue weighted by molar-refractivity contribution is 6.31. The van der Waals surface area contributed by atoms with Gasteiger partial charge in [0.15, 0.2) is 11.5 Å². The molecule has 6 rings (SSSR count). The number of anilines is 2. The molecule has 238 valence electrons. The quantitative estimate of drug-likeness (QED) is 0.226. The Hall–Kier alpha value is -4.79. The van der Waals surface area contributed by atoms with E-state index in [-0.39, 0.29) is 22.7 Å². The van der Waals surface area contributed by atoms with Crippen LogP contribution in [-0.4, -0.2) is 73.1 Å². The second-order valence-corrected chi connectivity index (χ2v) is 11.1. The molecule has 1 saturated heterocycles. The number of carbonyl (C=O) groups is 1. The Bertz CT molecular complexity index is 2010. The van der Waals surface area contributed by atoms with Gasteiger partial charge in [-0.3, -0.25) is 9.69 Å². The number of fused-ring (bicyclic) bond motifs is 1. The number of pyridine rings is 1. The lowest BCUT2D eigenvalue weighted by Crippen LogP contribution is -2.38. The van der Waals surface area contributed by atoms with Crippen LogP contribution in [0.25, 0.3) is 27.8 Å².